The summed E-state index contributed by atoms with van der Waals surface area (Å²) in [5, 5.41) is 3.78. The molecular weight excluding hydrogens is 344 g/mol. The number of aromatic nitrogens is 1. The molecule has 0 aliphatic heterocycles. The minimum absolute atomic E-state index is 0.183. The van der Waals surface area contributed by atoms with Crippen molar-refractivity contribution in [1.82, 2.24) is 4.98 Å². The van der Waals surface area contributed by atoms with Crippen molar-refractivity contribution >= 4 is 38.4 Å². The molecule has 0 aliphatic rings. The molecule has 1 heterocycles. The zero-order valence-electron chi connectivity index (χ0n) is 11.8. The third kappa shape index (κ3) is 2.67. The quantitative estimate of drug-likeness (QED) is 0.762. The number of carbonyl (C=O) groups excluding carboxylic acids is 1. The van der Waals surface area contributed by atoms with Gasteiger partial charge >= 0.3 is 0 Å². The van der Waals surface area contributed by atoms with E-state index in [2.05, 4.69) is 26.2 Å². The van der Waals surface area contributed by atoms with Gasteiger partial charge in [0.05, 0.1) is 22.8 Å². The highest BCUT2D eigenvalue weighted by atomic mass is 79.9. The number of amides is 1. The molecule has 3 aromatic rings. The number of nitrogens with one attached hydrogen (secondary N) is 1. The molecule has 1 amide bonds. The second kappa shape index (κ2) is 6.15. The minimum atomic E-state index is -0.183. The number of ether oxygens (including phenoxy) is 1. The highest BCUT2D eigenvalue weighted by Crippen LogP contribution is 2.37. The van der Waals surface area contributed by atoms with Crippen LogP contribution >= 0.6 is 15.9 Å². The van der Waals surface area contributed by atoms with Crippen molar-refractivity contribution in [3.63, 3.8) is 0 Å². The van der Waals surface area contributed by atoms with Gasteiger partial charge in [0, 0.05) is 23.2 Å². The van der Waals surface area contributed by atoms with E-state index in [0.717, 1.165) is 9.86 Å². The molecule has 4 nitrogen and oxygen atoms in total. The maximum Gasteiger partial charge on any atom is 0.255 e. The van der Waals surface area contributed by atoms with Gasteiger partial charge in [-0.15, -0.1) is 0 Å². The van der Waals surface area contributed by atoms with E-state index in [1.165, 1.54) is 0 Å². The summed E-state index contributed by atoms with van der Waals surface area (Å²) in [6.45, 7) is 0. The van der Waals surface area contributed by atoms with Gasteiger partial charge in [-0.05, 0) is 40.2 Å². The number of anilines is 1. The summed E-state index contributed by atoms with van der Waals surface area (Å²) in [6.07, 6.45) is 1.69. The summed E-state index contributed by atoms with van der Waals surface area (Å²) < 4.78 is 6.17. The smallest absolute Gasteiger partial charge is 0.255 e. The van der Waals surface area contributed by atoms with Crippen molar-refractivity contribution in [3.05, 3.63) is 64.8 Å². The Morgan fingerprint density at radius 3 is 2.68 bits per heavy atom. The van der Waals surface area contributed by atoms with E-state index in [0.29, 0.717) is 22.5 Å². The molecule has 0 saturated heterocycles. The van der Waals surface area contributed by atoms with Crippen molar-refractivity contribution in [2.75, 3.05) is 12.4 Å². The minimum Gasteiger partial charge on any atom is -0.495 e. The highest BCUT2D eigenvalue weighted by Gasteiger charge is 2.14. The largest absolute Gasteiger partial charge is 0.495 e. The lowest BCUT2D eigenvalue weighted by molar-refractivity contribution is 0.102. The van der Waals surface area contributed by atoms with Gasteiger partial charge in [-0.1, -0.05) is 18.2 Å². The maximum atomic E-state index is 12.4. The first-order valence-electron chi connectivity index (χ1n) is 6.68. The topological polar surface area (TPSA) is 51.2 Å². The molecular formula is C17H13BrN2O2. The molecule has 0 fully saturated rings. The van der Waals surface area contributed by atoms with Crippen LogP contribution < -0.4 is 10.1 Å². The number of halogens is 1. The fourth-order valence-electron chi connectivity index (χ4n) is 2.22. The molecule has 1 aromatic heterocycles. The molecule has 0 saturated carbocycles. The Morgan fingerprint density at radius 1 is 1.18 bits per heavy atom. The lowest BCUT2D eigenvalue weighted by Gasteiger charge is -2.12. The maximum absolute atomic E-state index is 12.4. The monoisotopic (exact) mass is 356 g/mol. The van der Waals surface area contributed by atoms with Crippen molar-refractivity contribution < 1.29 is 9.53 Å². The first-order valence-corrected chi connectivity index (χ1v) is 7.47. The lowest BCUT2D eigenvalue weighted by Crippen LogP contribution is -2.12. The van der Waals surface area contributed by atoms with Gasteiger partial charge < -0.3 is 10.1 Å². The van der Waals surface area contributed by atoms with Gasteiger partial charge in [0.15, 0.2) is 0 Å². The first-order chi connectivity index (χ1) is 10.7. The summed E-state index contributed by atoms with van der Waals surface area (Å²) in [5.74, 6) is 0.459. The molecule has 3 rings (SSSR count). The predicted octanol–water partition coefficient (Wildman–Crippen LogP) is 4.26. The molecule has 22 heavy (non-hydrogen) atoms. The summed E-state index contributed by atoms with van der Waals surface area (Å²) in [4.78, 5) is 16.7. The van der Waals surface area contributed by atoms with Crippen LogP contribution in [0.5, 0.6) is 5.75 Å². The van der Waals surface area contributed by atoms with Gasteiger partial charge in [-0.25, -0.2) is 0 Å². The summed E-state index contributed by atoms with van der Waals surface area (Å²) in [5.41, 5.74) is 1.91. The fourth-order valence-corrected chi connectivity index (χ4v) is 2.82. The molecule has 1 N–H and O–H groups in total. The van der Waals surface area contributed by atoms with Crippen molar-refractivity contribution in [2.45, 2.75) is 0 Å². The number of fused-ring (bicyclic) bond motifs is 1. The van der Waals surface area contributed by atoms with Crippen LogP contribution in [0.1, 0.15) is 10.4 Å². The Hall–Kier alpha value is -2.40. The third-order valence-electron chi connectivity index (χ3n) is 3.30. The van der Waals surface area contributed by atoms with E-state index in [4.69, 9.17) is 4.74 Å². The number of carbonyl (C=O) groups is 1. The Balaban J connectivity index is 2.07. The normalized spacial score (nSPS) is 10.5. The van der Waals surface area contributed by atoms with E-state index in [9.17, 15) is 4.79 Å². The summed E-state index contributed by atoms with van der Waals surface area (Å²) >= 11 is 3.51. The summed E-state index contributed by atoms with van der Waals surface area (Å²) in [6, 6.07) is 14.6. The van der Waals surface area contributed by atoms with Crippen LogP contribution in [0, 0.1) is 0 Å². The highest BCUT2D eigenvalue weighted by molar-refractivity contribution is 9.10. The van der Waals surface area contributed by atoms with Crippen LogP contribution in [0.25, 0.3) is 10.9 Å². The molecule has 2 aromatic carbocycles. The van der Waals surface area contributed by atoms with Crippen molar-refractivity contribution in [3.8, 4) is 5.75 Å². The number of methoxy groups -OCH3 is 1. The van der Waals surface area contributed by atoms with E-state index in [1.54, 1.807) is 31.5 Å². The Labute approximate surface area is 136 Å². The molecule has 0 unspecified atom stereocenters. The Bertz CT molecular complexity index is 835. The SMILES string of the molecule is COc1cc(NC(=O)c2ccccc2)c2ncccc2c1Br. The zero-order chi connectivity index (χ0) is 15.5. The van der Waals surface area contributed by atoms with E-state index >= 15 is 0 Å². The average Bonchev–Trinajstić information content (AvgIpc) is 2.58. The lowest BCUT2D eigenvalue weighted by atomic mass is 10.1. The number of pyridine rings is 1. The second-order valence-electron chi connectivity index (χ2n) is 4.66. The Morgan fingerprint density at radius 2 is 1.95 bits per heavy atom. The zero-order valence-corrected chi connectivity index (χ0v) is 13.4. The van der Waals surface area contributed by atoms with E-state index < -0.39 is 0 Å². The van der Waals surface area contributed by atoms with Crippen LogP contribution in [0.15, 0.2) is 59.2 Å². The molecule has 0 spiro atoms. The van der Waals surface area contributed by atoms with Gasteiger partial charge in [0.2, 0.25) is 0 Å². The number of rotatable bonds is 3. The number of nitrogens with zero attached hydrogens (tertiary/aromatic N) is 1. The molecule has 0 radical (unpaired) electrons. The van der Waals surface area contributed by atoms with Gasteiger partial charge in [0.1, 0.15) is 5.75 Å². The predicted molar refractivity (Wildman–Crippen MR) is 90.4 cm³/mol. The van der Waals surface area contributed by atoms with Crippen LogP contribution in [0.3, 0.4) is 0 Å². The molecule has 110 valence electrons. The van der Waals surface area contributed by atoms with Crippen LogP contribution in [-0.4, -0.2) is 18.0 Å². The van der Waals surface area contributed by atoms with Crippen LogP contribution in [0.2, 0.25) is 0 Å². The van der Waals surface area contributed by atoms with Crippen molar-refractivity contribution in [1.29, 1.82) is 0 Å². The Kier molecular flexibility index (Phi) is 4.06. The fraction of sp³-hybridized carbons (Fsp3) is 0.0588. The van der Waals surface area contributed by atoms with Gasteiger partial charge in [0.25, 0.3) is 5.91 Å². The molecule has 0 atom stereocenters. The van der Waals surface area contributed by atoms with Crippen LogP contribution in [-0.2, 0) is 0 Å². The average molecular weight is 357 g/mol. The third-order valence-corrected chi connectivity index (χ3v) is 4.11. The van der Waals surface area contributed by atoms with Gasteiger partial charge in [-0.3, -0.25) is 9.78 Å². The first kappa shape index (κ1) is 14.5. The standard InChI is InChI=1S/C17H13BrN2O2/c1-22-14-10-13(16-12(15(14)18)8-5-9-19-16)20-17(21)11-6-3-2-4-7-11/h2-10H,1H3,(H,20,21). The van der Waals surface area contributed by atoms with Crippen molar-refractivity contribution in [2.24, 2.45) is 0 Å². The number of hydrogen-bond acceptors (Lipinski definition) is 3. The molecule has 0 aliphatic carbocycles. The van der Waals surface area contributed by atoms with E-state index in [-0.39, 0.29) is 5.91 Å². The van der Waals surface area contributed by atoms with Gasteiger partial charge in [-0.2, -0.15) is 0 Å². The molecule has 0 bridgehead atoms. The van der Waals surface area contributed by atoms with E-state index in [1.807, 2.05) is 30.3 Å². The summed E-state index contributed by atoms with van der Waals surface area (Å²) in [7, 11) is 1.59. The van der Waals surface area contributed by atoms with Crippen LogP contribution in [0.4, 0.5) is 5.69 Å². The molecule has 5 heteroatoms. The second-order valence-corrected chi connectivity index (χ2v) is 5.45. The number of hydrogen-bond donors (Lipinski definition) is 1. The number of benzene rings is 2.